The zero-order valence-electron chi connectivity index (χ0n) is 22.6. The van der Waals surface area contributed by atoms with Gasteiger partial charge in [0.2, 0.25) is 0 Å². The van der Waals surface area contributed by atoms with E-state index in [-0.39, 0.29) is 40.5 Å². The highest BCUT2D eigenvalue weighted by molar-refractivity contribution is 6.74. The maximum atomic E-state index is 11.8. The largest absolute Gasteiger partial charge is 0.466 e. The van der Waals surface area contributed by atoms with Crippen LogP contribution in [0.25, 0.3) is 0 Å². The van der Waals surface area contributed by atoms with Crippen molar-refractivity contribution >= 4 is 14.3 Å². The number of ether oxygens (including phenoxy) is 1. The zero-order chi connectivity index (χ0) is 24.8. The number of hydrogen-bond acceptors (Lipinski definition) is 4. The number of aliphatic hydroxyl groups is 1. The molecular weight excluding hydrogens is 428 g/mol. The maximum absolute atomic E-state index is 11.8. The molecule has 1 N–H and O–H groups in total. The second-order valence-corrected chi connectivity index (χ2v) is 18.2. The van der Waals surface area contributed by atoms with E-state index in [1.54, 1.807) is 0 Å². The Labute approximate surface area is 204 Å². The topological polar surface area (TPSA) is 55.8 Å². The number of allylic oxidation sites excluding steroid dienone is 1. The fraction of sp³-hybridized carbons (Fsp3) is 0.893. The van der Waals surface area contributed by atoms with Gasteiger partial charge in [0.15, 0.2) is 8.32 Å². The molecule has 3 aliphatic rings. The normalized spacial score (nSPS) is 39.9. The van der Waals surface area contributed by atoms with Crippen LogP contribution < -0.4 is 0 Å². The van der Waals surface area contributed by atoms with Crippen LogP contribution >= 0.6 is 0 Å². The van der Waals surface area contributed by atoms with E-state index in [1.165, 1.54) is 12.5 Å². The third kappa shape index (κ3) is 5.02. The number of aliphatic hydroxyl groups excluding tert-OH is 1. The van der Waals surface area contributed by atoms with Crippen molar-refractivity contribution < 1.29 is 19.1 Å². The molecule has 0 spiro atoms. The van der Waals surface area contributed by atoms with Gasteiger partial charge in [-0.3, -0.25) is 4.79 Å². The van der Waals surface area contributed by atoms with Gasteiger partial charge in [-0.25, -0.2) is 0 Å². The second-order valence-electron chi connectivity index (χ2n) is 13.4. The van der Waals surface area contributed by atoms with Gasteiger partial charge in [0.25, 0.3) is 0 Å². The van der Waals surface area contributed by atoms with Gasteiger partial charge in [0, 0.05) is 25.6 Å². The lowest BCUT2D eigenvalue weighted by Crippen LogP contribution is -2.53. The standard InChI is InChI=1S/C28H50O4Si/c1-19-10-11-24-23(17-29)25(13-15-27(19,24)6)28(7)14-12-22(16-21(28)18-31-20(2)30)32-33(8,9)26(3,4)5/h21-25,29H,1,10-18H2,2-9H3/t21-,22+,23+,24?,25?,27-,28+/m1/s1. The van der Waals surface area contributed by atoms with Crippen molar-refractivity contribution in [3.63, 3.8) is 0 Å². The lowest BCUT2D eigenvalue weighted by Gasteiger charge is -2.57. The molecule has 3 aliphatic carbocycles. The Morgan fingerprint density at radius 3 is 2.39 bits per heavy atom. The molecule has 0 bridgehead atoms. The Morgan fingerprint density at radius 1 is 1.15 bits per heavy atom. The van der Waals surface area contributed by atoms with Gasteiger partial charge in [-0.2, -0.15) is 0 Å². The molecule has 0 aromatic carbocycles. The minimum absolute atomic E-state index is 0.0430. The number of rotatable bonds is 6. The lowest BCUT2D eigenvalue weighted by atomic mass is 9.49. The Kier molecular flexibility index (Phi) is 7.69. The van der Waals surface area contributed by atoms with Crippen molar-refractivity contribution in [3.8, 4) is 0 Å². The lowest BCUT2D eigenvalue weighted by molar-refractivity contribution is -0.150. The quantitative estimate of drug-likeness (QED) is 0.261. The molecule has 5 heteroatoms. The van der Waals surface area contributed by atoms with Crippen LogP contribution in [-0.2, 0) is 14.0 Å². The second kappa shape index (κ2) is 9.42. The minimum atomic E-state index is -1.87. The summed E-state index contributed by atoms with van der Waals surface area (Å²) in [4.78, 5) is 11.8. The van der Waals surface area contributed by atoms with E-state index < -0.39 is 8.32 Å². The first-order chi connectivity index (χ1) is 15.2. The average Bonchev–Trinajstić information content (AvgIpc) is 3.01. The Balaban J connectivity index is 1.85. The van der Waals surface area contributed by atoms with Crippen LogP contribution in [0.15, 0.2) is 12.2 Å². The number of fused-ring (bicyclic) bond motifs is 1. The molecule has 3 saturated carbocycles. The van der Waals surface area contributed by atoms with Crippen LogP contribution in [0.5, 0.6) is 0 Å². The van der Waals surface area contributed by atoms with Crippen LogP contribution in [0.1, 0.15) is 86.5 Å². The van der Waals surface area contributed by atoms with E-state index >= 15 is 0 Å². The van der Waals surface area contributed by atoms with Crippen molar-refractivity contribution in [2.24, 2.45) is 34.5 Å². The first kappa shape index (κ1) is 26.9. The van der Waals surface area contributed by atoms with Crippen LogP contribution in [0, 0.1) is 34.5 Å². The average molecular weight is 479 g/mol. The van der Waals surface area contributed by atoms with Crippen molar-refractivity contribution in [1.29, 1.82) is 0 Å². The van der Waals surface area contributed by atoms with E-state index in [0.29, 0.717) is 24.4 Å². The smallest absolute Gasteiger partial charge is 0.302 e. The molecule has 3 fully saturated rings. The summed E-state index contributed by atoms with van der Waals surface area (Å²) in [5.41, 5.74) is 1.60. The fourth-order valence-corrected chi connectivity index (χ4v) is 8.71. The zero-order valence-corrected chi connectivity index (χ0v) is 23.6. The molecule has 0 saturated heterocycles. The summed E-state index contributed by atoms with van der Waals surface area (Å²) < 4.78 is 12.5. The molecule has 4 nitrogen and oxygen atoms in total. The van der Waals surface area contributed by atoms with Crippen molar-refractivity contribution in [1.82, 2.24) is 0 Å². The molecule has 0 aromatic heterocycles. The summed E-state index contributed by atoms with van der Waals surface area (Å²) >= 11 is 0. The van der Waals surface area contributed by atoms with E-state index in [9.17, 15) is 9.90 Å². The molecule has 190 valence electrons. The summed E-state index contributed by atoms with van der Waals surface area (Å²) in [6, 6.07) is 0. The molecule has 0 amide bonds. The van der Waals surface area contributed by atoms with Gasteiger partial charge in [-0.05, 0) is 91.7 Å². The highest BCUT2D eigenvalue weighted by Crippen LogP contribution is 2.63. The number of carbonyl (C=O) groups excluding carboxylic acids is 1. The summed E-state index contributed by atoms with van der Waals surface area (Å²) in [5, 5.41) is 10.8. The molecule has 0 heterocycles. The molecule has 0 radical (unpaired) electrons. The van der Waals surface area contributed by atoms with Crippen LogP contribution in [0.4, 0.5) is 0 Å². The van der Waals surface area contributed by atoms with Crippen LogP contribution in [0.3, 0.4) is 0 Å². The highest BCUT2D eigenvalue weighted by atomic mass is 28.4. The van der Waals surface area contributed by atoms with Crippen molar-refractivity contribution in [3.05, 3.63) is 12.2 Å². The van der Waals surface area contributed by atoms with Gasteiger partial charge >= 0.3 is 5.97 Å². The maximum Gasteiger partial charge on any atom is 0.302 e. The summed E-state index contributed by atoms with van der Waals surface area (Å²) in [5.74, 6) is 1.32. The van der Waals surface area contributed by atoms with Crippen molar-refractivity contribution in [2.45, 2.75) is 111 Å². The van der Waals surface area contributed by atoms with E-state index in [1.807, 2.05) is 0 Å². The Bertz CT molecular complexity index is 741. The van der Waals surface area contributed by atoms with Gasteiger partial charge in [0.1, 0.15) is 0 Å². The Hall–Kier alpha value is -0.653. The molecule has 3 rings (SSSR count). The predicted molar refractivity (Wildman–Crippen MR) is 137 cm³/mol. The number of esters is 1. The first-order valence-corrected chi connectivity index (χ1v) is 16.2. The summed E-state index contributed by atoms with van der Waals surface area (Å²) in [7, 11) is -1.87. The van der Waals surface area contributed by atoms with E-state index in [2.05, 4.69) is 54.3 Å². The van der Waals surface area contributed by atoms with Crippen LogP contribution in [0.2, 0.25) is 18.1 Å². The molecule has 0 aliphatic heterocycles. The van der Waals surface area contributed by atoms with E-state index in [0.717, 1.165) is 44.9 Å². The van der Waals surface area contributed by atoms with Gasteiger partial charge in [0.05, 0.1) is 6.61 Å². The third-order valence-electron chi connectivity index (χ3n) is 10.7. The molecular formula is C28H50O4Si. The highest BCUT2D eigenvalue weighted by Gasteiger charge is 2.57. The van der Waals surface area contributed by atoms with Crippen molar-refractivity contribution in [2.75, 3.05) is 13.2 Å². The third-order valence-corrected chi connectivity index (χ3v) is 15.2. The van der Waals surface area contributed by atoms with Gasteiger partial charge in [-0.15, -0.1) is 0 Å². The molecule has 33 heavy (non-hydrogen) atoms. The minimum Gasteiger partial charge on any atom is -0.466 e. The fourth-order valence-electron chi connectivity index (χ4n) is 7.31. The van der Waals surface area contributed by atoms with Crippen LogP contribution in [-0.4, -0.2) is 38.7 Å². The van der Waals surface area contributed by atoms with Gasteiger partial charge in [-0.1, -0.05) is 46.8 Å². The number of hydrogen-bond donors (Lipinski definition) is 1. The molecule has 2 unspecified atom stereocenters. The molecule has 0 aromatic rings. The van der Waals surface area contributed by atoms with Gasteiger partial charge < -0.3 is 14.3 Å². The summed E-state index contributed by atoms with van der Waals surface area (Å²) in [6.07, 6.45) is 7.84. The monoisotopic (exact) mass is 478 g/mol. The molecule has 7 atom stereocenters. The SMILES string of the molecule is C=C1CCC2[C@H](CO)C([C@@]3(C)CC[C@H](O[Si](C)(C)C(C)(C)C)C[C@@H]3COC(C)=O)CC[C@]12C. The van der Waals surface area contributed by atoms with E-state index in [4.69, 9.17) is 9.16 Å². The summed E-state index contributed by atoms with van der Waals surface area (Å²) in [6.45, 7) is 23.0. The number of carbonyl (C=O) groups is 1. The Morgan fingerprint density at radius 2 is 1.82 bits per heavy atom. The predicted octanol–water partition coefficient (Wildman–Crippen LogP) is 6.74. The first-order valence-electron chi connectivity index (χ1n) is 13.3.